The summed E-state index contributed by atoms with van der Waals surface area (Å²) in [6, 6.07) is 5.54. The van der Waals surface area contributed by atoms with E-state index in [1.165, 1.54) is 31.8 Å². The number of rotatable bonds is 10. The second-order valence-electron chi connectivity index (χ2n) is 9.60. The minimum absolute atomic E-state index is 0.0179. The Morgan fingerprint density at radius 3 is 2.43 bits per heavy atom. The van der Waals surface area contributed by atoms with Crippen LogP contribution < -0.4 is 9.47 Å². The number of pyridine rings is 1. The van der Waals surface area contributed by atoms with Crippen LogP contribution in [0, 0.1) is 0 Å². The minimum atomic E-state index is -4.94. The van der Waals surface area contributed by atoms with E-state index in [2.05, 4.69) is 19.9 Å². The number of halogens is 3. The average molecular weight is 590 g/mol. The summed E-state index contributed by atoms with van der Waals surface area (Å²) in [7, 11) is 1.45. The van der Waals surface area contributed by atoms with Gasteiger partial charge in [-0.3, -0.25) is 9.55 Å². The molecule has 0 radical (unpaired) electrons. The highest BCUT2D eigenvalue weighted by Crippen LogP contribution is 2.46. The van der Waals surface area contributed by atoms with Crippen LogP contribution in [-0.2, 0) is 18.7 Å². The van der Waals surface area contributed by atoms with Crippen LogP contribution in [0.3, 0.4) is 0 Å². The van der Waals surface area contributed by atoms with Crippen molar-refractivity contribution in [2.45, 2.75) is 37.5 Å². The molecular weight excluding hydrogens is 563 g/mol. The number of benzene rings is 1. The fourth-order valence-electron chi connectivity index (χ4n) is 4.49. The normalized spacial score (nSPS) is 13.8. The SMILES string of the molecule is COc1cnc(-c2c(OCCO)ncnc2C2CC2)cc1Cc1ccc(-c2nc(C(F)(F)F)cn2C(O)(O)O)cc1O. The standard InChI is InChI=1S/C27H26F3N5O7/c1-41-20-11-31-18(22-23(14-2-3-14)32-13-33-25(22)42-7-6-36)9-17(20)8-15-4-5-16(10-19(15)37)24-34-21(26(28,29)30)12-35(24)27(38,39)40/h4-5,9-14,36-40H,2-3,6-8H2,1H3. The molecule has 0 unspecified atom stereocenters. The summed E-state index contributed by atoms with van der Waals surface area (Å²) in [5, 5.41) is 48.8. The highest BCUT2D eigenvalue weighted by atomic mass is 19.4. The molecule has 12 nitrogen and oxygen atoms in total. The summed E-state index contributed by atoms with van der Waals surface area (Å²) in [5.74, 6) is -0.125. The molecule has 1 aliphatic rings. The quantitative estimate of drug-likeness (QED) is 0.172. The lowest BCUT2D eigenvalue weighted by molar-refractivity contribution is -0.374. The van der Waals surface area contributed by atoms with Crippen LogP contribution in [0.25, 0.3) is 22.6 Å². The van der Waals surface area contributed by atoms with Crippen molar-refractivity contribution in [2.75, 3.05) is 20.3 Å². The van der Waals surface area contributed by atoms with Crippen LogP contribution in [0.4, 0.5) is 13.2 Å². The van der Waals surface area contributed by atoms with E-state index in [0.29, 0.717) is 28.1 Å². The Balaban J connectivity index is 1.52. The second-order valence-corrected chi connectivity index (χ2v) is 9.60. The molecule has 1 aromatic carbocycles. The summed E-state index contributed by atoms with van der Waals surface area (Å²) >= 11 is 0. The van der Waals surface area contributed by atoms with Gasteiger partial charge in [0, 0.05) is 29.7 Å². The molecule has 0 amide bonds. The van der Waals surface area contributed by atoms with Crippen molar-refractivity contribution in [1.29, 1.82) is 0 Å². The predicted octanol–water partition coefficient (Wildman–Crippen LogP) is 2.52. The van der Waals surface area contributed by atoms with Gasteiger partial charge in [-0.05, 0) is 30.5 Å². The van der Waals surface area contributed by atoms with Crippen LogP contribution in [0.5, 0.6) is 17.4 Å². The third-order valence-corrected chi connectivity index (χ3v) is 6.60. The third kappa shape index (κ3) is 5.99. The number of aromatic nitrogens is 5. The Morgan fingerprint density at radius 2 is 1.81 bits per heavy atom. The fourth-order valence-corrected chi connectivity index (χ4v) is 4.49. The largest absolute Gasteiger partial charge is 0.508 e. The Kier molecular flexibility index (Phi) is 7.76. The van der Waals surface area contributed by atoms with Crippen LogP contribution in [-0.4, -0.2) is 70.4 Å². The zero-order chi connectivity index (χ0) is 30.2. The van der Waals surface area contributed by atoms with E-state index in [0.717, 1.165) is 24.6 Å². The smallest absolute Gasteiger partial charge is 0.434 e. The summed E-state index contributed by atoms with van der Waals surface area (Å²) < 4.78 is 51.0. The number of aromatic hydroxyl groups is 1. The summed E-state index contributed by atoms with van der Waals surface area (Å²) in [6.07, 6.45) is -3.50. The Labute approximate surface area is 236 Å². The lowest BCUT2D eigenvalue weighted by atomic mass is 9.99. The first-order valence-electron chi connectivity index (χ1n) is 12.7. The average Bonchev–Trinajstić information content (AvgIpc) is 3.67. The molecule has 0 spiro atoms. The van der Waals surface area contributed by atoms with Crippen molar-refractivity contribution in [3.05, 3.63) is 65.5 Å². The van der Waals surface area contributed by atoms with E-state index >= 15 is 0 Å². The molecule has 1 saturated carbocycles. The number of phenols is 1. The fraction of sp³-hybridized carbons (Fsp3) is 0.333. The Bertz CT molecular complexity index is 1600. The summed E-state index contributed by atoms with van der Waals surface area (Å²) in [5.41, 5.74) is 1.13. The van der Waals surface area contributed by atoms with E-state index in [1.54, 1.807) is 6.07 Å². The number of alkyl halides is 3. The van der Waals surface area contributed by atoms with E-state index in [9.17, 15) is 38.7 Å². The summed E-state index contributed by atoms with van der Waals surface area (Å²) in [6.45, 7) is -0.198. The van der Waals surface area contributed by atoms with Gasteiger partial charge in [-0.15, -0.1) is 0 Å². The maximum absolute atomic E-state index is 13.2. The maximum Gasteiger partial charge on any atom is 0.434 e. The molecular formula is C27H26F3N5O7. The first-order chi connectivity index (χ1) is 19.9. The number of aliphatic hydroxyl groups excluding tert-OH is 1. The topological polar surface area (TPSA) is 176 Å². The maximum atomic E-state index is 13.2. The molecule has 1 aliphatic carbocycles. The molecule has 222 valence electrons. The number of hydrogen-bond acceptors (Lipinski definition) is 11. The van der Waals surface area contributed by atoms with Gasteiger partial charge in [0.15, 0.2) is 5.69 Å². The molecule has 0 saturated heterocycles. The first kappa shape index (κ1) is 29.2. The number of aliphatic hydroxyl groups is 4. The molecule has 5 N–H and O–H groups in total. The summed E-state index contributed by atoms with van der Waals surface area (Å²) in [4.78, 5) is 16.6. The van der Waals surface area contributed by atoms with Crippen LogP contribution in [0.2, 0.25) is 0 Å². The van der Waals surface area contributed by atoms with E-state index in [4.69, 9.17) is 9.47 Å². The molecule has 3 heterocycles. The van der Waals surface area contributed by atoms with Crippen molar-refractivity contribution in [3.63, 3.8) is 0 Å². The zero-order valence-electron chi connectivity index (χ0n) is 22.1. The number of hydrogen-bond donors (Lipinski definition) is 5. The molecule has 3 aromatic heterocycles. The lowest BCUT2D eigenvalue weighted by Gasteiger charge is -2.18. The van der Waals surface area contributed by atoms with Gasteiger partial charge in [0.05, 0.1) is 36.9 Å². The van der Waals surface area contributed by atoms with Gasteiger partial charge < -0.3 is 35.0 Å². The molecule has 42 heavy (non-hydrogen) atoms. The van der Waals surface area contributed by atoms with E-state index in [-0.39, 0.29) is 53.5 Å². The van der Waals surface area contributed by atoms with Crippen molar-refractivity contribution in [2.24, 2.45) is 0 Å². The zero-order valence-corrected chi connectivity index (χ0v) is 22.1. The van der Waals surface area contributed by atoms with E-state index < -0.39 is 23.8 Å². The highest BCUT2D eigenvalue weighted by Gasteiger charge is 2.38. The van der Waals surface area contributed by atoms with Gasteiger partial charge >= 0.3 is 12.3 Å². The lowest BCUT2D eigenvalue weighted by Crippen LogP contribution is -2.32. The van der Waals surface area contributed by atoms with Crippen molar-refractivity contribution in [1.82, 2.24) is 24.5 Å². The van der Waals surface area contributed by atoms with Gasteiger partial charge in [-0.1, -0.05) is 12.1 Å². The highest BCUT2D eigenvalue weighted by molar-refractivity contribution is 5.70. The number of methoxy groups -OCH3 is 1. The van der Waals surface area contributed by atoms with Crippen molar-refractivity contribution >= 4 is 0 Å². The molecule has 4 aromatic rings. The van der Waals surface area contributed by atoms with Gasteiger partial charge in [-0.2, -0.15) is 13.2 Å². The second kappa shape index (κ2) is 11.2. The van der Waals surface area contributed by atoms with E-state index in [1.807, 2.05) is 0 Å². The molecule has 0 bridgehead atoms. The first-order valence-corrected chi connectivity index (χ1v) is 12.7. The monoisotopic (exact) mass is 589 g/mol. The third-order valence-electron chi connectivity index (χ3n) is 6.60. The molecule has 0 atom stereocenters. The Hall–Kier alpha value is -4.31. The number of imidazole rings is 1. The molecule has 5 rings (SSSR count). The molecule has 0 aliphatic heterocycles. The molecule has 15 heteroatoms. The minimum Gasteiger partial charge on any atom is -0.508 e. The van der Waals surface area contributed by atoms with Gasteiger partial charge in [0.1, 0.15) is 30.3 Å². The van der Waals surface area contributed by atoms with Crippen LogP contribution >= 0.6 is 0 Å². The van der Waals surface area contributed by atoms with Gasteiger partial charge in [0.25, 0.3) is 0 Å². The van der Waals surface area contributed by atoms with Crippen LogP contribution in [0.1, 0.15) is 41.3 Å². The number of ether oxygens (including phenoxy) is 2. The van der Waals surface area contributed by atoms with Crippen LogP contribution in [0.15, 0.2) is 43.0 Å². The number of nitrogens with zero attached hydrogens (tertiary/aromatic N) is 5. The van der Waals surface area contributed by atoms with Crippen molar-refractivity contribution in [3.8, 4) is 40.0 Å². The molecule has 1 fully saturated rings. The number of phenolic OH excluding ortho intramolecular Hbond substituents is 1. The predicted molar refractivity (Wildman–Crippen MR) is 138 cm³/mol. The van der Waals surface area contributed by atoms with Gasteiger partial charge in [0.2, 0.25) is 5.88 Å². The van der Waals surface area contributed by atoms with Crippen molar-refractivity contribution < 1.29 is 48.2 Å². The Morgan fingerprint density at radius 1 is 1.05 bits per heavy atom. The van der Waals surface area contributed by atoms with Gasteiger partial charge in [-0.25, -0.2) is 15.0 Å².